The lowest BCUT2D eigenvalue weighted by Gasteiger charge is -2.23. The molecular formula is C11H18N2O. The Morgan fingerprint density at radius 1 is 1.43 bits per heavy atom. The summed E-state index contributed by atoms with van der Waals surface area (Å²) in [6.45, 7) is 3.23. The van der Waals surface area contributed by atoms with Crippen LogP contribution in [-0.4, -0.2) is 37.0 Å². The maximum Gasteiger partial charge on any atom is 0.236 e. The van der Waals surface area contributed by atoms with Crippen molar-refractivity contribution in [1.82, 2.24) is 10.2 Å². The zero-order valence-electron chi connectivity index (χ0n) is 8.54. The summed E-state index contributed by atoms with van der Waals surface area (Å²) >= 11 is 0. The van der Waals surface area contributed by atoms with Crippen LogP contribution in [0.15, 0.2) is 12.2 Å². The van der Waals surface area contributed by atoms with Crippen molar-refractivity contribution >= 4 is 5.91 Å². The molecule has 2 aliphatic rings. The van der Waals surface area contributed by atoms with E-state index in [4.69, 9.17) is 0 Å². The van der Waals surface area contributed by atoms with Crippen molar-refractivity contribution in [2.45, 2.75) is 19.3 Å². The molecule has 0 bridgehead atoms. The number of rotatable bonds is 4. The van der Waals surface area contributed by atoms with Crippen LogP contribution in [0.3, 0.4) is 0 Å². The zero-order chi connectivity index (χ0) is 9.80. The molecule has 3 heteroatoms. The van der Waals surface area contributed by atoms with E-state index in [1.54, 1.807) is 0 Å². The van der Waals surface area contributed by atoms with Gasteiger partial charge in [0.25, 0.3) is 0 Å². The molecule has 0 spiro atoms. The molecule has 0 aromatic carbocycles. The fourth-order valence-corrected chi connectivity index (χ4v) is 1.68. The summed E-state index contributed by atoms with van der Waals surface area (Å²) < 4.78 is 0. The van der Waals surface area contributed by atoms with Crippen LogP contribution in [0, 0.1) is 5.92 Å². The molecule has 3 nitrogen and oxygen atoms in total. The lowest BCUT2D eigenvalue weighted by molar-refractivity contribution is -0.129. The Labute approximate surface area is 85.2 Å². The molecule has 0 radical (unpaired) electrons. The van der Waals surface area contributed by atoms with Gasteiger partial charge in [-0.2, -0.15) is 0 Å². The van der Waals surface area contributed by atoms with E-state index in [1.807, 2.05) is 4.90 Å². The number of amides is 1. The quantitative estimate of drug-likeness (QED) is 0.671. The van der Waals surface area contributed by atoms with Gasteiger partial charge in [0.05, 0.1) is 6.54 Å². The van der Waals surface area contributed by atoms with Gasteiger partial charge in [0, 0.05) is 13.1 Å². The minimum absolute atomic E-state index is 0.245. The van der Waals surface area contributed by atoms with Crippen molar-refractivity contribution in [3.63, 3.8) is 0 Å². The second-order valence-corrected chi connectivity index (χ2v) is 4.17. The third kappa shape index (κ3) is 2.84. The van der Waals surface area contributed by atoms with E-state index >= 15 is 0 Å². The molecule has 14 heavy (non-hydrogen) atoms. The minimum atomic E-state index is 0.245. The first kappa shape index (κ1) is 9.71. The van der Waals surface area contributed by atoms with Gasteiger partial charge in [-0.15, -0.1) is 0 Å². The van der Waals surface area contributed by atoms with Gasteiger partial charge < -0.3 is 10.2 Å². The highest BCUT2D eigenvalue weighted by Crippen LogP contribution is 2.27. The molecule has 1 heterocycles. The summed E-state index contributed by atoms with van der Waals surface area (Å²) in [6, 6.07) is 0. The first-order chi connectivity index (χ1) is 6.86. The second-order valence-electron chi connectivity index (χ2n) is 4.17. The molecule has 1 aliphatic carbocycles. The maximum atomic E-state index is 11.6. The SMILES string of the molecule is O=C(CNCC1CC1)N1CC=CCC1. The molecule has 0 unspecified atom stereocenters. The minimum Gasteiger partial charge on any atom is -0.338 e. The second kappa shape index (κ2) is 4.60. The monoisotopic (exact) mass is 194 g/mol. The summed E-state index contributed by atoms with van der Waals surface area (Å²) in [5.74, 6) is 1.10. The third-order valence-electron chi connectivity index (χ3n) is 2.82. The highest BCUT2D eigenvalue weighted by Gasteiger charge is 2.21. The molecule has 1 fully saturated rings. The molecule has 0 aromatic heterocycles. The van der Waals surface area contributed by atoms with Crippen LogP contribution >= 0.6 is 0 Å². The topological polar surface area (TPSA) is 32.3 Å². The average molecular weight is 194 g/mol. The van der Waals surface area contributed by atoms with E-state index in [-0.39, 0.29) is 5.91 Å². The Hall–Kier alpha value is -0.830. The van der Waals surface area contributed by atoms with Gasteiger partial charge in [-0.3, -0.25) is 4.79 Å². The highest BCUT2D eigenvalue weighted by atomic mass is 16.2. The molecule has 0 atom stereocenters. The lowest BCUT2D eigenvalue weighted by atomic mass is 10.2. The number of nitrogens with one attached hydrogen (secondary N) is 1. The number of hydrogen-bond donors (Lipinski definition) is 1. The van der Waals surface area contributed by atoms with E-state index in [0.29, 0.717) is 6.54 Å². The van der Waals surface area contributed by atoms with Crippen molar-refractivity contribution < 1.29 is 4.79 Å². The number of hydrogen-bond acceptors (Lipinski definition) is 2. The van der Waals surface area contributed by atoms with E-state index < -0.39 is 0 Å². The first-order valence-electron chi connectivity index (χ1n) is 5.50. The van der Waals surface area contributed by atoms with Crippen molar-refractivity contribution in [3.8, 4) is 0 Å². The van der Waals surface area contributed by atoms with Crippen LogP contribution in [0.1, 0.15) is 19.3 Å². The lowest BCUT2D eigenvalue weighted by Crippen LogP contribution is -2.40. The van der Waals surface area contributed by atoms with Gasteiger partial charge in [-0.1, -0.05) is 12.2 Å². The van der Waals surface area contributed by atoms with Crippen LogP contribution in [0.2, 0.25) is 0 Å². The number of carbonyl (C=O) groups is 1. The molecule has 0 aromatic rings. The predicted molar refractivity (Wildman–Crippen MR) is 55.9 cm³/mol. The van der Waals surface area contributed by atoms with Crippen LogP contribution in [0.4, 0.5) is 0 Å². The fraction of sp³-hybridized carbons (Fsp3) is 0.727. The normalized spacial score (nSPS) is 21.3. The van der Waals surface area contributed by atoms with Gasteiger partial charge in [0.2, 0.25) is 5.91 Å². The summed E-state index contributed by atoms with van der Waals surface area (Å²) in [6.07, 6.45) is 7.90. The molecular weight excluding hydrogens is 176 g/mol. The Balaban J connectivity index is 1.63. The van der Waals surface area contributed by atoms with Gasteiger partial charge in [-0.05, 0) is 31.7 Å². The Bertz CT molecular complexity index is 233. The Morgan fingerprint density at radius 3 is 2.93 bits per heavy atom. The first-order valence-corrected chi connectivity index (χ1v) is 5.50. The summed E-state index contributed by atoms with van der Waals surface area (Å²) in [5.41, 5.74) is 0. The summed E-state index contributed by atoms with van der Waals surface area (Å²) in [4.78, 5) is 13.5. The molecule has 1 saturated carbocycles. The maximum absolute atomic E-state index is 11.6. The van der Waals surface area contributed by atoms with Crippen molar-refractivity contribution in [1.29, 1.82) is 0 Å². The number of carbonyl (C=O) groups excluding carboxylic acids is 1. The van der Waals surface area contributed by atoms with Crippen LogP contribution < -0.4 is 5.32 Å². The predicted octanol–water partition coefficient (Wildman–Crippen LogP) is 0.774. The van der Waals surface area contributed by atoms with Crippen LogP contribution in [-0.2, 0) is 4.79 Å². The van der Waals surface area contributed by atoms with E-state index in [1.165, 1.54) is 12.8 Å². The summed E-state index contributed by atoms with van der Waals surface area (Å²) in [7, 11) is 0. The Kier molecular flexibility index (Phi) is 3.19. The van der Waals surface area contributed by atoms with Gasteiger partial charge >= 0.3 is 0 Å². The van der Waals surface area contributed by atoms with E-state index in [2.05, 4.69) is 17.5 Å². The molecule has 0 saturated heterocycles. The van der Waals surface area contributed by atoms with Crippen LogP contribution in [0.5, 0.6) is 0 Å². The van der Waals surface area contributed by atoms with E-state index in [9.17, 15) is 4.79 Å². The average Bonchev–Trinajstić information content (AvgIpc) is 3.03. The van der Waals surface area contributed by atoms with E-state index in [0.717, 1.165) is 32.0 Å². The smallest absolute Gasteiger partial charge is 0.236 e. The number of nitrogens with zero attached hydrogens (tertiary/aromatic N) is 1. The van der Waals surface area contributed by atoms with Crippen molar-refractivity contribution in [2.75, 3.05) is 26.2 Å². The molecule has 1 aliphatic heterocycles. The highest BCUT2D eigenvalue weighted by molar-refractivity contribution is 5.78. The standard InChI is InChI=1S/C11H18N2O/c14-11(9-12-8-10-4-5-10)13-6-2-1-3-7-13/h1-2,10,12H,3-9H2. The summed E-state index contributed by atoms with van der Waals surface area (Å²) in [5, 5.41) is 3.23. The van der Waals surface area contributed by atoms with Gasteiger partial charge in [0.15, 0.2) is 0 Å². The van der Waals surface area contributed by atoms with Crippen molar-refractivity contribution in [2.24, 2.45) is 5.92 Å². The molecule has 1 N–H and O–H groups in total. The van der Waals surface area contributed by atoms with Crippen LogP contribution in [0.25, 0.3) is 0 Å². The zero-order valence-corrected chi connectivity index (χ0v) is 8.54. The molecule has 1 amide bonds. The van der Waals surface area contributed by atoms with Gasteiger partial charge in [-0.25, -0.2) is 0 Å². The Morgan fingerprint density at radius 2 is 2.29 bits per heavy atom. The largest absolute Gasteiger partial charge is 0.338 e. The third-order valence-corrected chi connectivity index (χ3v) is 2.82. The van der Waals surface area contributed by atoms with Crippen molar-refractivity contribution in [3.05, 3.63) is 12.2 Å². The fourth-order valence-electron chi connectivity index (χ4n) is 1.68. The molecule has 78 valence electrons. The van der Waals surface area contributed by atoms with Gasteiger partial charge in [0.1, 0.15) is 0 Å². The molecule has 2 rings (SSSR count).